The molecule has 1 aromatic carbocycles. The first-order chi connectivity index (χ1) is 12.9. The normalized spacial score (nSPS) is 23.1. The summed E-state index contributed by atoms with van der Waals surface area (Å²) in [5.74, 6) is -4.52. The van der Waals surface area contributed by atoms with Crippen molar-refractivity contribution < 1.29 is 32.7 Å². The summed E-state index contributed by atoms with van der Waals surface area (Å²) in [7, 11) is 0. The van der Waals surface area contributed by atoms with Crippen LogP contribution in [0.25, 0.3) is 0 Å². The minimum atomic E-state index is -4.58. The molecule has 2 rings (SSSR count). The van der Waals surface area contributed by atoms with E-state index in [1.807, 2.05) is 0 Å². The SMILES string of the molecule is CC(=O)Nc1ccc(C[C@H](NC(=O)[C@@]2(C)NCCC2C(F)(F)F)C(=O)O)cc1. The average Bonchev–Trinajstić information content (AvgIpc) is 2.98. The van der Waals surface area contributed by atoms with E-state index in [0.29, 0.717) is 11.3 Å². The zero-order valence-electron chi connectivity index (χ0n) is 15.4. The smallest absolute Gasteiger partial charge is 0.394 e. The molecule has 3 atom stereocenters. The summed E-state index contributed by atoms with van der Waals surface area (Å²) in [6.45, 7) is 2.49. The Balaban J connectivity index is 2.11. The highest BCUT2D eigenvalue weighted by molar-refractivity contribution is 5.91. The van der Waals surface area contributed by atoms with Gasteiger partial charge in [0.2, 0.25) is 11.8 Å². The maximum atomic E-state index is 13.2. The van der Waals surface area contributed by atoms with Gasteiger partial charge in [-0.2, -0.15) is 13.2 Å². The van der Waals surface area contributed by atoms with Crippen LogP contribution in [0.4, 0.5) is 18.9 Å². The van der Waals surface area contributed by atoms with E-state index in [1.165, 1.54) is 6.92 Å². The Hall–Kier alpha value is -2.62. The number of aliphatic carboxylic acids is 1. The molecule has 28 heavy (non-hydrogen) atoms. The Morgan fingerprint density at radius 3 is 2.39 bits per heavy atom. The van der Waals surface area contributed by atoms with Gasteiger partial charge in [0, 0.05) is 19.0 Å². The van der Waals surface area contributed by atoms with Crippen molar-refractivity contribution in [1.29, 1.82) is 0 Å². The second-order valence-electron chi connectivity index (χ2n) is 6.96. The van der Waals surface area contributed by atoms with Crippen LogP contribution in [0, 0.1) is 5.92 Å². The summed E-state index contributed by atoms with van der Waals surface area (Å²) in [5.41, 5.74) is -0.872. The molecule has 0 radical (unpaired) electrons. The summed E-state index contributed by atoms with van der Waals surface area (Å²) in [5, 5.41) is 16.7. The Kier molecular flexibility index (Phi) is 6.33. The van der Waals surface area contributed by atoms with Gasteiger partial charge in [-0.25, -0.2) is 4.79 Å². The summed E-state index contributed by atoms with van der Waals surface area (Å²) in [6, 6.07) is 4.88. The minimum absolute atomic E-state index is 0.0104. The van der Waals surface area contributed by atoms with Gasteiger partial charge < -0.3 is 21.1 Å². The monoisotopic (exact) mass is 401 g/mol. The Morgan fingerprint density at radius 1 is 1.29 bits per heavy atom. The third kappa shape index (κ3) is 5.00. The van der Waals surface area contributed by atoms with Crippen LogP contribution in [0.15, 0.2) is 24.3 Å². The number of nitrogens with one attached hydrogen (secondary N) is 3. The molecular weight excluding hydrogens is 379 g/mol. The number of carbonyl (C=O) groups excluding carboxylic acids is 2. The van der Waals surface area contributed by atoms with Gasteiger partial charge in [0.25, 0.3) is 0 Å². The van der Waals surface area contributed by atoms with Crippen molar-refractivity contribution in [1.82, 2.24) is 10.6 Å². The quantitative estimate of drug-likeness (QED) is 0.580. The number of carboxylic acids is 1. The standard InChI is InChI=1S/C18H22F3N3O4/c1-10(25)23-12-5-3-11(4-6-12)9-13(15(26)27)24-16(28)17(2)14(7-8-22-17)18(19,20)21/h3-6,13-14,22H,7-9H2,1-2H3,(H,23,25)(H,24,28)(H,26,27)/t13-,14?,17-/m0/s1. The van der Waals surface area contributed by atoms with Crippen molar-refractivity contribution in [2.24, 2.45) is 5.92 Å². The van der Waals surface area contributed by atoms with Crippen molar-refractivity contribution >= 4 is 23.5 Å². The van der Waals surface area contributed by atoms with Gasteiger partial charge in [0.15, 0.2) is 0 Å². The van der Waals surface area contributed by atoms with Crippen molar-refractivity contribution in [2.45, 2.75) is 44.4 Å². The zero-order chi connectivity index (χ0) is 21.1. The lowest BCUT2D eigenvalue weighted by Crippen LogP contribution is -2.60. The van der Waals surface area contributed by atoms with E-state index >= 15 is 0 Å². The van der Waals surface area contributed by atoms with Crippen molar-refractivity contribution in [3.8, 4) is 0 Å². The fourth-order valence-corrected chi connectivity index (χ4v) is 3.29. The van der Waals surface area contributed by atoms with Crippen molar-refractivity contribution in [3.63, 3.8) is 0 Å². The lowest BCUT2D eigenvalue weighted by Gasteiger charge is -2.32. The number of amides is 2. The van der Waals surface area contributed by atoms with Gasteiger partial charge in [-0.15, -0.1) is 0 Å². The van der Waals surface area contributed by atoms with Gasteiger partial charge in [-0.05, 0) is 37.6 Å². The number of alkyl halides is 3. The van der Waals surface area contributed by atoms with Crippen LogP contribution in [0.2, 0.25) is 0 Å². The Labute approximate surface area is 159 Å². The first kappa shape index (κ1) is 21.7. The molecule has 1 fully saturated rings. The van der Waals surface area contributed by atoms with Crippen LogP contribution in [-0.2, 0) is 20.8 Å². The third-order valence-electron chi connectivity index (χ3n) is 4.81. The molecule has 0 spiro atoms. The molecule has 1 aliphatic rings. The van der Waals surface area contributed by atoms with Crippen molar-refractivity contribution in [3.05, 3.63) is 29.8 Å². The van der Waals surface area contributed by atoms with Crippen LogP contribution in [0.5, 0.6) is 0 Å². The lowest BCUT2D eigenvalue weighted by molar-refractivity contribution is -0.190. The fraction of sp³-hybridized carbons (Fsp3) is 0.500. The maximum Gasteiger partial charge on any atom is 0.394 e. The van der Waals surface area contributed by atoms with E-state index < -0.39 is 35.6 Å². The molecule has 1 unspecified atom stereocenters. The summed E-state index contributed by atoms with van der Waals surface area (Å²) in [6.07, 6.45) is -4.95. The zero-order valence-corrected chi connectivity index (χ0v) is 15.4. The average molecular weight is 401 g/mol. The highest BCUT2D eigenvalue weighted by atomic mass is 19.4. The molecule has 7 nitrogen and oxygen atoms in total. The molecule has 4 N–H and O–H groups in total. The van der Waals surface area contributed by atoms with E-state index in [9.17, 15) is 32.7 Å². The molecule has 10 heteroatoms. The minimum Gasteiger partial charge on any atom is -0.480 e. The topological polar surface area (TPSA) is 108 Å². The first-order valence-corrected chi connectivity index (χ1v) is 8.65. The number of hydrogen-bond acceptors (Lipinski definition) is 4. The van der Waals surface area contributed by atoms with Crippen LogP contribution < -0.4 is 16.0 Å². The highest BCUT2D eigenvalue weighted by Gasteiger charge is 2.57. The number of rotatable bonds is 6. The molecule has 0 aromatic heterocycles. The predicted molar refractivity (Wildman–Crippen MR) is 94.6 cm³/mol. The van der Waals surface area contributed by atoms with Gasteiger partial charge in [-0.1, -0.05) is 12.1 Å². The summed E-state index contributed by atoms with van der Waals surface area (Å²) in [4.78, 5) is 35.1. The van der Waals surface area contributed by atoms with Gasteiger partial charge >= 0.3 is 12.1 Å². The number of hydrogen-bond donors (Lipinski definition) is 4. The number of carbonyl (C=O) groups is 3. The molecule has 1 saturated heterocycles. The fourth-order valence-electron chi connectivity index (χ4n) is 3.29. The molecule has 0 aliphatic carbocycles. The molecule has 0 saturated carbocycles. The van der Waals surface area contributed by atoms with E-state index in [-0.39, 0.29) is 25.3 Å². The van der Waals surface area contributed by atoms with Crippen LogP contribution >= 0.6 is 0 Å². The van der Waals surface area contributed by atoms with E-state index in [0.717, 1.165) is 6.92 Å². The molecule has 154 valence electrons. The number of carboxylic acid groups (broad SMARTS) is 1. The molecule has 1 aliphatic heterocycles. The molecule has 2 amide bonds. The van der Waals surface area contributed by atoms with E-state index in [1.54, 1.807) is 24.3 Å². The van der Waals surface area contributed by atoms with Gasteiger partial charge in [0.1, 0.15) is 11.6 Å². The largest absolute Gasteiger partial charge is 0.480 e. The molecule has 0 bridgehead atoms. The van der Waals surface area contributed by atoms with Crippen molar-refractivity contribution in [2.75, 3.05) is 11.9 Å². The first-order valence-electron chi connectivity index (χ1n) is 8.65. The Bertz CT molecular complexity index is 751. The number of benzene rings is 1. The number of halogens is 3. The Morgan fingerprint density at radius 2 is 1.89 bits per heavy atom. The number of anilines is 1. The molecule has 1 aromatic rings. The molecule has 1 heterocycles. The van der Waals surface area contributed by atoms with Gasteiger partial charge in [0.05, 0.1) is 5.92 Å². The highest BCUT2D eigenvalue weighted by Crippen LogP contribution is 2.40. The maximum absolute atomic E-state index is 13.2. The second-order valence-corrected chi connectivity index (χ2v) is 6.96. The summed E-state index contributed by atoms with van der Waals surface area (Å²) >= 11 is 0. The van der Waals surface area contributed by atoms with Crippen LogP contribution in [0.3, 0.4) is 0 Å². The second kappa shape index (κ2) is 8.17. The van der Waals surface area contributed by atoms with Crippen LogP contribution in [-0.4, -0.2) is 47.2 Å². The summed E-state index contributed by atoms with van der Waals surface area (Å²) < 4.78 is 39.7. The lowest BCUT2D eigenvalue weighted by atomic mass is 9.85. The van der Waals surface area contributed by atoms with Crippen LogP contribution in [0.1, 0.15) is 25.8 Å². The van der Waals surface area contributed by atoms with E-state index in [2.05, 4.69) is 16.0 Å². The molecular formula is C18H22F3N3O4. The van der Waals surface area contributed by atoms with E-state index in [4.69, 9.17) is 0 Å². The third-order valence-corrected chi connectivity index (χ3v) is 4.81. The van der Waals surface area contributed by atoms with Gasteiger partial charge in [-0.3, -0.25) is 9.59 Å². The predicted octanol–water partition coefficient (Wildman–Crippen LogP) is 1.69.